The van der Waals surface area contributed by atoms with E-state index in [2.05, 4.69) is 209 Å². The summed E-state index contributed by atoms with van der Waals surface area (Å²) in [6.07, 6.45) is 6.70. The van der Waals surface area contributed by atoms with Crippen molar-refractivity contribution >= 4 is 60.2 Å². The molecule has 0 saturated carbocycles. The minimum Gasteiger partial charge on any atom is -0.490 e. The summed E-state index contributed by atoms with van der Waals surface area (Å²) in [4.78, 5) is 0. The number of hydrogen-bond acceptors (Lipinski definition) is 1. The van der Waals surface area contributed by atoms with Gasteiger partial charge in [-0.2, -0.15) is 8.69 Å². The molecule has 0 fully saturated rings. The van der Waals surface area contributed by atoms with Crippen LogP contribution < -0.4 is 21.2 Å². The molecule has 6 aromatic carbocycles. The summed E-state index contributed by atoms with van der Waals surface area (Å²) in [5.41, 5.74) is 4.32. The molecule has 0 aromatic heterocycles. The van der Waals surface area contributed by atoms with Crippen molar-refractivity contribution in [1.29, 1.82) is 0 Å². The first kappa shape index (κ1) is 31.4. The van der Waals surface area contributed by atoms with Crippen LogP contribution in [0.25, 0.3) is 0 Å². The average Bonchev–Trinajstić information content (AvgIpc) is 3.18. The molecule has 0 amide bonds. The molecule has 48 heavy (non-hydrogen) atoms. The zero-order chi connectivity index (χ0) is 32.5. The first-order valence-corrected chi connectivity index (χ1v) is 18.6. The van der Waals surface area contributed by atoms with Crippen LogP contribution in [0.1, 0.15) is 0 Å². The molecule has 5 heteroatoms. The zero-order valence-corrected chi connectivity index (χ0v) is 28.5. The Labute approximate surface area is 285 Å². The van der Waals surface area contributed by atoms with Crippen LogP contribution in [0.5, 0.6) is 0 Å². The van der Waals surface area contributed by atoms with Gasteiger partial charge in [0.15, 0.2) is 5.76 Å². The quantitative estimate of drug-likeness (QED) is 0.112. The summed E-state index contributed by atoms with van der Waals surface area (Å²) < 4.78 is 11.3. The third-order valence-electron chi connectivity index (χ3n) is 8.04. The fourth-order valence-electron chi connectivity index (χ4n) is 5.89. The molecule has 0 unspecified atom stereocenters. The van der Waals surface area contributed by atoms with E-state index in [4.69, 9.17) is 4.74 Å². The molecule has 0 heterocycles. The predicted molar refractivity (Wildman–Crippen MR) is 205 cm³/mol. The van der Waals surface area contributed by atoms with E-state index >= 15 is 0 Å². The topological polar surface area (TPSA) is 15.2 Å². The molecule has 0 radical (unpaired) electrons. The Morgan fingerprint density at radius 1 is 0.396 bits per heavy atom. The molecule has 3 nitrogen and oxygen atoms in total. The van der Waals surface area contributed by atoms with E-state index in [0.717, 1.165) is 28.6 Å². The highest BCUT2D eigenvalue weighted by molar-refractivity contribution is 7.68. The lowest BCUT2D eigenvalue weighted by Gasteiger charge is -2.21. The Morgan fingerprint density at radius 2 is 0.729 bits per heavy atom. The number of benzene rings is 6. The molecular formula is C43H36N2OP2+2. The van der Waals surface area contributed by atoms with E-state index in [1.807, 2.05) is 0 Å². The number of rotatable bonds is 9. The van der Waals surface area contributed by atoms with Crippen LogP contribution in [0, 0.1) is 0 Å². The predicted octanol–water partition coefficient (Wildman–Crippen LogP) is 8.75. The van der Waals surface area contributed by atoms with E-state index in [9.17, 15) is 0 Å². The first-order chi connectivity index (χ1) is 23.8. The monoisotopic (exact) mass is 658 g/mol. The Bertz CT molecular complexity index is 2000. The van der Waals surface area contributed by atoms with Gasteiger partial charge < -0.3 is 4.74 Å². The Balaban J connectivity index is 1.50. The van der Waals surface area contributed by atoms with Gasteiger partial charge in [-0.3, -0.25) is 0 Å². The Morgan fingerprint density at radius 3 is 1.10 bits per heavy atom. The summed E-state index contributed by atoms with van der Waals surface area (Å²) in [5.74, 6) is 0.813. The normalized spacial score (nSPS) is 14.9. The van der Waals surface area contributed by atoms with E-state index in [1.54, 1.807) is 7.11 Å². The summed E-state index contributed by atoms with van der Waals surface area (Å²) >= 11 is 0. The lowest BCUT2D eigenvalue weighted by molar-refractivity contribution is -0.255. The van der Waals surface area contributed by atoms with Crippen LogP contribution in [0.2, 0.25) is 0 Å². The van der Waals surface area contributed by atoms with Gasteiger partial charge in [0.2, 0.25) is 22.8 Å². The number of ether oxygens (including phenoxy) is 1. The smallest absolute Gasteiger partial charge is 0.252 e. The first-order valence-electron chi connectivity index (χ1n) is 16.0. The molecule has 1 aliphatic rings. The third kappa shape index (κ3) is 6.76. The van der Waals surface area contributed by atoms with Crippen molar-refractivity contribution in [1.82, 2.24) is 0 Å². The number of allylic oxidation sites excluding steroid dienone is 3. The van der Waals surface area contributed by atoms with Gasteiger partial charge in [0, 0.05) is 57.6 Å². The van der Waals surface area contributed by atoms with Crippen molar-refractivity contribution in [3.8, 4) is 0 Å². The Kier molecular flexibility index (Phi) is 9.90. The van der Waals surface area contributed by atoms with Crippen molar-refractivity contribution in [2.45, 2.75) is 0 Å². The lowest BCUT2D eigenvalue weighted by atomic mass is 10.1. The summed E-state index contributed by atoms with van der Waals surface area (Å²) in [5, 5.41) is 5.06. The molecule has 0 spiro atoms. The Hall–Kier alpha value is -5.20. The van der Waals surface area contributed by atoms with Crippen LogP contribution in [-0.2, 0) is 4.74 Å². The van der Waals surface area contributed by atoms with Crippen LogP contribution in [0.3, 0.4) is 0 Å². The second-order valence-electron chi connectivity index (χ2n) is 11.1. The number of methoxy groups -OCH3 is 1. The molecule has 0 saturated heterocycles. The molecule has 0 N–H and O–H groups in total. The lowest BCUT2D eigenvalue weighted by Crippen LogP contribution is -2.28. The number of para-hydroxylation sites is 2. The van der Waals surface area contributed by atoms with Gasteiger partial charge in [-0.25, -0.2) is 0 Å². The van der Waals surface area contributed by atoms with E-state index < -0.39 is 16.1 Å². The van der Waals surface area contributed by atoms with Crippen molar-refractivity contribution in [2.24, 2.45) is 0 Å². The van der Waals surface area contributed by atoms with Gasteiger partial charge in [0.05, 0.1) is 13.2 Å². The highest BCUT2D eigenvalue weighted by Crippen LogP contribution is 2.43. The maximum Gasteiger partial charge on any atom is 0.252 e. The van der Waals surface area contributed by atoms with E-state index in [0.29, 0.717) is 0 Å². The second kappa shape index (κ2) is 15.1. The maximum atomic E-state index is 6.34. The number of nitrogens with zero attached hydrogens (tertiary/aromatic N) is 2. The van der Waals surface area contributed by atoms with Crippen molar-refractivity contribution < 1.29 is 13.4 Å². The summed E-state index contributed by atoms with van der Waals surface area (Å²) in [6.45, 7) is 0. The molecule has 0 bridgehead atoms. The van der Waals surface area contributed by atoms with Crippen LogP contribution >= 0.6 is 16.1 Å². The van der Waals surface area contributed by atoms with Crippen molar-refractivity contribution in [3.05, 3.63) is 206 Å². The molecule has 6 aromatic rings. The zero-order valence-electron chi connectivity index (χ0n) is 26.7. The summed E-state index contributed by atoms with van der Waals surface area (Å²) in [7, 11) is -0.187. The minimum atomic E-state index is -0.999. The van der Waals surface area contributed by atoms with Crippen LogP contribution in [0.4, 0.5) is 11.4 Å². The molecule has 0 atom stereocenters. The fraction of sp³-hybridized carbons (Fsp3) is 0.0233. The molecule has 232 valence electrons. The van der Waals surface area contributed by atoms with Gasteiger partial charge in [-0.15, -0.1) is 0 Å². The van der Waals surface area contributed by atoms with Crippen LogP contribution in [-0.4, -0.2) is 27.2 Å². The highest BCUT2D eigenvalue weighted by Gasteiger charge is 2.38. The van der Waals surface area contributed by atoms with Gasteiger partial charge >= 0.3 is 0 Å². The maximum absolute atomic E-state index is 6.34. The largest absolute Gasteiger partial charge is 0.490 e. The highest BCUT2D eigenvalue weighted by atomic mass is 31.1. The number of hydrogen-bond donors (Lipinski definition) is 0. The minimum absolute atomic E-state index is 0.813. The second-order valence-corrected chi connectivity index (χ2v) is 15.2. The SMILES string of the molecule is COC1=CC(=[N+](c2ccccc2)P(c2ccccc2)c2ccccc2)C=CC1=[N+](c1ccccc1)P(c1ccccc1)c1ccccc1. The van der Waals surface area contributed by atoms with Crippen molar-refractivity contribution in [2.75, 3.05) is 7.11 Å². The molecule has 0 aliphatic heterocycles. The molecule has 7 rings (SSSR count). The van der Waals surface area contributed by atoms with Crippen molar-refractivity contribution in [3.63, 3.8) is 0 Å². The van der Waals surface area contributed by atoms with E-state index in [1.165, 1.54) is 21.2 Å². The van der Waals surface area contributed by atoms with Gasteiger partial charge in [-0.05, 0) is 48.5 Å². The third-order valence-corrected chi connectivity index (χ3v) is 12.9. The fourth-order valence-corrected chi connectivity index (χ4v) is 10.7. The van der Waals surface area contributed by atoms with Gasteiger partial charge in [-0.1, -0.05) is 109 Å². The standard InChI is InChI=1S/C43H36N2OP2/c1-46-43-34-37(44(35-20-8-2-9-21-35)47(38-24-12-4-13-25-38)39-26-14-5-15-27-39)32-33-42(43)45(36-22-10-3-11-23-36)48(40-28-16-6-17-29-40)41-30-18-7-19-31-41/h2-34H,1H3/q+2. The van der Waals surface area contributed by atoms with Gasteiger partial charge in [0.1, 0.15) is 0 Å². The summed E-state index contributed by atoms with van der Waals surface area (Å²) in [6, 6.07) is 64.7. The van der Waals surface area contributed by atoms with Crippen LogP contribution in [0.15, 0.2) is 206 Å². The van der Waals surface area contributed by atoms with E-state index in [-0.39, 0.29) is 0 Å². The molecule has 1 aliphatic carbocycles. The average molecular weight is 659 g/mol. The molecular weight excluding hydrogens is 622 g/mol. The van der Waals surface area contributed by atoms with Gasteiger partial charge in [0.25, 0.3) is 16.1 Å².